The minimum Gasteiger partial charge on any atom is -0.471 e. The van der Waals surface area contributed by atoms with Crippen LogP contribution in [0.2, 0.25) is 0 Å². The van der Waals surface area contributed by atoms with Gasteiger partial charge in [-0.25, -0.2) is 9.97 Å². The Morgan fingerprint density at radius 1 is 1.08 bits per heavy atom. The van der Waals surface area contributed by atoms with Crippen molar-refractivity contribution < 1.29 is 17.3 Å². The zero-order chi connectivity index (χ0) is 18.4. The Morgan fingerprint density at radius 2 is 1.76 bits per heavy atom. The summed E-state index contributed by atoms with van der Waals surface area (Å²) in [5.41, 5.74) is 2.11. The van der Waals surface area contributed by atoms with Gasteiger partial charge in [0.05, 0.1) is 6.26 Å². The molecule has 0 amide bonds. The van der Waals surface area contributed by atoms with Crippen molar-refractivity contribution in [1.29, 1.82) is 0 Å². The van der Waals surface area contributed by atoms with Crippen molar-refractivity contribution in [3.63, 3.8) is 0 Å². The maximum atomic E-state index is 11.2. The molecule has 0 aliphatic rings. The number of halogens is 1. The van der Waals surface area contributed by atoms with Crippen LogP contribution in [0.3, 0.4) is 0 Å². The molecule has 25 heavy (non-hydrogen) atoms. The van der Waals surface area contributed by atoms with E-state index in [1.54, 1.807) is 0 Å². The molecular weight excluding hydrogens is 408 g/mol. The molecule has 1 aromatic carbocycles. The first-order valence-corrected chi connectivity index (χ1v) is 10.4. The van der Waals surface area contributed by atoms with Crippen LogP contribution in [-0.2, 0) is 33.9 Å². The Balaban J connectivity index is 2.25. The van der Waals surface area contributed by atoms with Crippen molar-refractivity contribution in [3.05, 3.63) is 51.9 Å². The second-order valence-electron chi connectivity index (χ2n) is 6.05. The quantitative estimate of drug-likeness (QED) is 0.598. The molecule has 0 saturated heterocycles. The van der Waals surface area contributed by atoms with Crippen LogP contribution in [0.25, 0.3) is 0 Å². The van der Waals surface area contributed by atoms with E-state index in [4.69, 9.17) is 8.92 Å². The van der Waals surface area contributed by atoms with Gasteiger partial charge in [0, 0.05) is 0 Å². The molecule has 0 bridgehead atoms. The zero-order valence-corrected chi connectivity index (χ0v) is 16.8. The van der Waals surface area contributed by atoms with Gasteiger partial charge in [-0.05, 0) is 33.8 Å². The lowest BCUT2D eigenvalue weighted by Gasteiger charge is -2.14. The van der Waals surface area contributed by atoms with Gasteiger partial charge in [-0.3, -0.25) is 4.18 Å². The molecule has 0 aliphatic carbocycles. The van der Waals surface area contributed by atoms with Crippen LogP contribution in [0, 0.1) is 5.92 Å². The van der Waals surface area contributed by atoms with Gasteiger partial charge >= 0.3 is 0 Å². The standard InChI is InChI=1S/C17H21BrN2O4S/c1-12(2)9-14-17(23-10-13-7-5-4-6-8-13)20-15(16(18)19-14)11-24-25(3,21)22/h4-8,12H,9-11H2,1-3H3. The van der Waals surface area contributed by atoms with Gasteiger partial charge < -0.3 is 4.74 Å². The monoisotopic (exact) mass is 428 g/mol. The molecule has 2 aromatic rings. The van der Waals surface area contributed by atoms with Gasteiger partial charge in [0.1, 0.15) is 29.2 Å². The summed E-state index contributed by atoms with van der Waals surface area (Å²) >= 11 is 3.33. The summed E-state index contributed by atoms with van der Waals surface area (Å²) in [6, 6.07) is 9.73. The fourth-order valence-electron chi connectivity index (χ4n) is 2.08. The molecule has 0 unspecified atom stereocenters. The van der Waals surface area contributed by atoms with E-state index in [1.807, 2.05) is 30.3 Å². The summed E-state index contributed by atoms with van der Waals surface area (Å²) in [6.45, 7) is 4.32. The van der Waals surface area contributed by atoms with Crippen LogP contribution in [-0.4, -0.2) is 24.6 Å². The van der Waals surface area contributed by atoms with Gasteiger partial charge in [0.15, 0.2) is 0 Å². The second kappa shape index (κ2) is 8.73. The lowest BCUT2D eigenvalue weighted by atomic mass is 10.1. The molecule has 1 heterocycles. The largest absolute Gasteiger partial charge is 0.471 e. The van der Waals surface area contributed by atoms with Crippen LogP contribution < -0.4 is 4.74 Å². The van der Waals surface area contributed by atoms with Crippen molar-refractivity contribution in [1.82, 2.24) is 9.97 Å². The summed E-state index contributed by atoms with van der Waals surface area (Å²) in [4.78, 5) is 8.90. The van der Waals surface area contributed by atoms with Crippen molar-refractivity contribution in [2.75, 3.05) is 6.26 Å². The zero-order valence-electron chi connectivity index (χ0n) is 14.4. The Hall–Kier alpha value is -1.51. The summed E-state index contributed by atoms with van der Waals surface area (Å²) in [7, 11) is -3.57. The fraction of sp³-hybridized carbons (Fsp3) is 0.412. The van der Waals surface area contributed by atoms with E-state index >= 15 is 0 Å². The highest BCUT2D eigenvalue weighted by Crippen LogP contribution is 2.24. The third-order valence-corrected chi connectivity index (χ3v) is 4.37. The number of hydrogen-bond acceptors (Lipinski definition) is 6. The van der Waals surface area contributed by atoms with E-state index in [0.29, 0.717) is 35.1 Å². The molecule has 1 aromatic heterocycles. The number of aromatic nitrogens is 2. The predicted molar refractivity (Wildman–Crippen MR) is 98.7 cm³/mol. The van der Waals surface area contributed by atoms with Crippen LogP contribution in [0.4, 0.5) is 0 Å². The molecule has 0 spiro atoms. The third-order valence-electron chi connectivity index (χ3n) is 3.18. The molecule has 0 fully saturated rings. The average Bonchev–Trinajstić information content (AvgIpc) is 2.52. The molecule has 0 atom stereocenters. The van der Waals surface area contributed by atoms with E-state index in [2.05, 4.69) is 39.7 Å². The Labute approximate surface area is 156 Å². The topological polar surface area (TPSA) is 78.4 Å². The third kappa shape index (κ3) is 6.72. The molecule has 0 radical (unpaired) electrons. The van der Waals surface area contributed by atoms with Crippen LogP contribution in [0.15, 0.2) is 34.9 Å². The highest BCUT2D eigenvalue weighted by Gasteiger charge is 2.16. The average molecular weight is 429 g/mol. The molecule has 136 valence electrons. The normalized spacial score (nSPS) is 11.7. The fourth-order valence-corrected chi connectivity index (χ4v) is 2.82. The van der Waals surface area contributed by atoms with Crippen molar-refractivity contribution in [3.8, 4) is 5.88 Å². The SMILES string of the molecule is CC(C)Cc1nc(Br)c(COS(C)(=O)=O)nc1OCc1ccccc1. The Morgan fingerprint density at radius 3 is 2.36 bits per heavy atom. The van der Waals surface area contributed by atoms with Crippen LogP contribution >= 0.6 is 15.9 Å². The van der Waals surface area contributed by atoms with Crippen molar-refractivity contribution in [2.45, 2.75) is 33.5 Å². The van der Waals surface area contributed by atoms with Crippen molar-refractivity contribution >= 4 is 26.0 Å². The van der Waals surface area contributed by atoms with E-state index in [0.717, 1.165) is 17.5 Å². The van der Waals surface area contributed by atoms with E-state index in [-0.39, 0.29) is 6.61 Å². The highest BCUT2D eigenvalue weighted by atomic mass is 79.9. The number of benzene rings is 1. The molecule has 0 saturated carbocycles. The van der Waals surface area contributed by atoms with Crippen LogP contribution in [0.1, 0.15) is 30.8 Å². The van der Waals surface area contributed by atoms with Gasteiger partial charge in [-0.1, -0.05) is 44.2 Å². The van der Waals surface area contributed by atoms with Gasteiger partial charge in [-0.2, -0.15) is 8.42 Å². The Kier molecular flexibility index (Phi) is 6.92. The van der Waals surface area contributed by atoms with Crippen LogP contribution in [0.5, 0.6) is 5.88 Å². The minimum absolute atomic E-state index is 0.198. The van der Waals surface area contributed by atoms with E-state index < -0.39 is 10.1 Å². The molecule has 2 rings (SSSR count). The molecule has 6 nitrogen and oxygen atoms in total. The Bertz CT molecular complexity index is 811. The summed E-state index contributed by atoms with van der Waals surface area (Å²) in [5, 5.41) is 0. The van der Waals surface area contributed by atoms with Gasteiger partial charge in [0.25, 0.3) is 10.1 Å². The van der Waals surface area contributed by atoms with Gasteiger partial charge in [0.2, 0.25) is 5.88 Å². The van der Waals surface area contributed by atoms with E-state index in [9.17, 15) is 8.42 Å². The first-order chi connectivity index (χ1) is 11.7. The lowest BCUT2D eigenvalue weighted by Crippen LogP contribution is -2.11. The number of rotatable bonds is 8. The molecular formula is C17H21BrN2O4S. The van der Waals surface area contributed by atoms with E-state index in [1.165, 1.54) is 0 Å². The molecule has 0 aliphatic heterocycles. The number of nitrogens with zero attached hydrogens (tertiary/aromatic N) is 2. The lowest BCUT2D eigenvalue weighted by molar-refractivity contribution is 0.275. The first kappa shape index (κ1) is 19.8. The molecule has 0 N–H and O–H groups in total. The smallest absolute Gasteiger partial charge is 0.264 e. The maximum Gasteiger partial charge on any atom is 0.264 e. The summed E-state index contributed by atoms with van der Waals surface area (Å²) in [5.74, 6) is 0.770. The van der Waals surface area contributed by atoms with Crippen molar-refractivity contribution in [2.24, 2.45) is 5.92 Å². The second-order valence-corrected chi connectivity index (χ2v) is 8.45. The summed E-state index contributed by atoms with van der Waals surface area (Å²) in [6.07, 6.45) is 1.69. The number of hydrogen-bond donors (Lipinski definition) is 0. The summed E-state index contributed by atoms with van der Waals surface area (Å²) < 4.78 is 33.5. The minimum atomic E-state index is -3.57. The van der Waals surface area contributed by atoms with Gasteiger partial charge in [-0.15, -0.1) is 0 Å². The highest BCUT2D eigenvalue weighted by molar-refractivity contribution is 9.10. The first-order valence-electron chi connectivity index (χ1n) is 7.81. The predicted octanol–water partition coefficient (Wildman–Crippen LogP) is 3.49. The number of ether oxygens (including phenoxy) is 1. The maximum absolute atomic E-state index is 11.2. The molecule has 8 heteroatoms.